The molecule has 0 amide bonds. The second-order valence-electron chi connectivity index (χ2n) is 8.72. The monoisotopic (exact) mass is 448 g/mol. The van der Waals surface area contributed by atoms with Crippen LogP contribution in [0.1, 0.15) is 17.5 Å². The molecule has 2 aromatic carbocycles. The Morgan fingerprint density at radius 1 is 0.875 bits per heavy atom. The largest absolute Gasteiger partial charge is 0.368 e. The number of benzene rings is 2. The van der Waals surface area contributed by atoms with Gasteiger partial charge in [-0.3, -0.25) is 0 Å². The number of halogens is 1. The normalized spacial score (nSPS) is 15.6. The number of piperazine rings is 1. The molecule has 1 aliphatic carbocycles. The highest BCUT2D eigenvalue weighted by atomic mass is 35.5. The summed E-state index contributed by atoms with van der Waals surface area (Å²) >= 11 is 6.18. The van der Waals surface area contributed by atoms with Crippen LogP contribution in [0, 0.1) is 0 Å². The average molecular weight is 449 g/mol. The molecule has 1 aliphatic heterocycles. The summed E-state index contributed by atoms with van der Waals surface area (Å²) in [7, 11) is 4.03. The van der Waals surface area contributed by atoms with E-state index in [0.29, 0.717) is 0 Å². The van der Waals surface area contributed by atoms with Crippen LogP contribution < -0.4 is 20.0 Å². The number of hydrogen-bond donors (Lipinski definition) is 1. The molecule has 3 aromatic rings. The van der Waals surface area contributed by atoms with Gasteiger partial charge >= 0.3 is 0 Å². The van der Waals surface area contributed by atoms with Gasteiger partial charge in [0.05, 0.1) is 0 Å². The van der Waals surface area contributed by atoms with Crippen LogP contribution in [0.2, 0.25) is 5.02 Å². The van der Waals surface area contributed by atoms with E-state index >= 15 is 0 Å². The van der Waals surface area contributed by atoms with Crippen molar-refractivity contribution in [1.29, 1.82) is 0 Å². The summed E-state index contributed by atoms with van der Waals surface area (Å²) < 4.78 is 0. The fourth-order valence-electron chi connectivity index (χ4n) is 4.49. The Hall–Kier alpha value is -2.99. The van der Waals surface area contributed by atoms with E-state index < -0.39 is 0 Å². The topological polar surface area (TPSA) is 47.5 Å². The molecule has 0 spiro atoms. The zero-order valence-electron chi connectivity index (χ0n) is 18.7. The van der Waals surface area contributed by atoms with Crippen LogP contribution >= 0.6 is 11.6 Å². The molecule has 2 aliphatic rings. The number of hydrogen-bond acceptors (Lipinski definition) is 6. The van der Waals surface area contributed by atoms with E-state index in [9.17, 15) is 0 Å². The third-order valence-corrected chi connectivity index (χ3v) is 6.50. The van der Waals surface area contributed by atoms with E-state index in [4.69, 9.17) is 21.6 Å². The van der Waals surface area contributed by atoms with Gasteiger partial charge in [-0.1, -0.05) is 23.7 Å². The number of fused-ring (bicyclic) bond motifs is 1. The molecular weight excluding hydrogens is 420 g/mol. The van der Waals surface area contributed by atoms with E-state index in [2.05, 4.69) is 39.4 Å². The van der Waals surface area contributed by atoms with Crippen LogP contribution in [0.4, 0.5) is 29.0 Å². The SMILES string of the molecule is CN(C)c1cc(Nc2ccc3c(c2)CCC3)nc(N2CCN(c3cccc(Cl)c3)CC2)n1. The fraction of sp³-hybridized carbons (Fsp3) is 0.360. The molecule has 1 aromatic heterocycles. The fourth-order valence-corrected chi connectivity index (χ4v) is 4.68. The van der Waals surface area contributed by atoms with Gasteiger partial charge in [0.2, 0.25) is 5.95 Å². The molecule has 0 radical (unpaired) electrons. The number of aryl methyl sites for hydroxylation is 2. The maximum Gasteiger partial charge on any atom is 0.229 e. The zero-order valence-corrected chi connectivity index (χ0v) is 19.4. The first-order valence-electron chi connectivity index (χ1n) is 11.3. The van der Waals surface area contributed by atoms with Crippen molar-refractivity contribution in [3.05, 3.63) is 64.7 Å². The van der Waals surface area contributed by atoms with Gasteiger partial charge in [0, 0.05) is 62.7 Å². The minimum atomic E-state index is 0.769. The van der Waals surface area contributed by atoms with Crippen LogP contribution in [0.3, 0.4) is 0 Å². The Kier molecular flexibility index (Phi) is 5.79. The lowest BCUT2D eigenvalue weighted by atomic mass is 10.1. The predicted molar refractivity (Wildman–Crippen MR) is 134 cm³/mol. The summed E-state index contributed by atoms with van der Waals surface area (Å²) in [6, 6.07) is 16.7. The number of nitrogens with one attached hydrogen (secondary N) is 1. The summed E-state index contributed by atoms with van der Waals surface area (Å²) in [6.45, 7) is 3.54. The summed E-state index contributed by atoms with van der Waals surface area (Å²) in [6.07, 6.45) is 3.61. The van der Waals surface area contributed by atoms with Crippen molar-refractivity contribution >= 4 is 40.6 Å². The molecule has 32 heavy (non-hydrogen) atoms. The minimum absolute atomic E-state index is 0.769. The maximum absolute atomic E-state index is 6.18. The molecule has 0 unspecified atom stereocenters. The Morgan fingerprint density at radius 2 is 1.66 bits per heavy atom. The van der Waals surface area contributed by atoms with Gasteiger partial charge in [-0.2, -0.15) is 9.97 Å². The molecule has 6 nitrogen and oxygen atoms in total. The third-order valence-electron chi connectivity index (χ3n) is 6.27. The highest BCUT2D eigenvalue weighted by Gasteiger charge is 2.21. The van der Waals surface area contributed by atoms with Gasteiger partial charge in [0.15, 0.2) is 0 Å². The molecule has 0 saturated carbocycles. The molecule has 1 N–H and O–H groups in total. The average Bonchev–Trinajstić information content (AvgIpc) is 3.27. The highest BCUT2D eigenvalue weighted by molar-refractivity contribution is 6.30. The second kappa shape index (κ2) is 8.87. The quantitative estimate of drug-likeness (QED) is 0.607. The van der Waals surface area contributed by atoms with Crippen LogP contribution in [-0.4, -0.2) is 50.2 Å². The first-order valence-corrected chi connectivity index (χ1v) is 11.6. The molecule has 2 heterocycles. The van der Waals surface area contributed by atoms with Crippen LogP contribution in [0.25, 0.3) is 0 Å². The van der Waals surface area contributed by atoms with E-state index in [1.54, 1.807) is 0 Å². The first kappa shape index (κ1) is 20.9. The standard InChI is InChI=1S/C25H29ClN6/c1-30(2)24-17-23(27-21-10-9-18-5-3-6-19(18)15-21)28-25(29-24)32-13-11-31(12-14-32)22-8-4-7-20(26)16-22/h4,7-10,15-17H,3,5-6,11-14H2,1-2H3,(H,27,28,29). The van der Waals surface area contributed by atoms with E-state index in [0.717, 1.165) is 54.5 Å². The third kappa shape index (κ3) is 4.46. The van der Waals surface area contributed by atoms with Crippen LogP contribution in [0.15, 0.2) is 48.5 Å². The maximum atomic E-state index is 6.18. The molecule has 7 heteroatoms. The highest BCUT2D eigenvalue weighted by Crippen LogP contribution is 2.28. The van der Waals surface area contributed by atoms with E-state index in [-0.39, 0.29) is 0 Å². The summed E-state index contributed by atoms with van der Waals surface area (Å²) in [5.41, 5.74) is 5.18. The molecule has 5 rings (SSSR count). The molecular formula is C25H29ClN6. The van der Waals surface area contributed by atoms with Crippen molar-refractivity contribution in [2.24, 2.45) is 0 Å². The molecule has 0 bridgehead atoms. The summed E-state index contributed by atoms with van der Waals surface area (Å²) in [5.74, 6) is 2.50. The Bertz CT molecular complexity index is 1110. The van der Waals surface area contributed by atoms with Crippen LogP contribution in [-0.2, 0) is 12.8 Å². The van der Waals surface area contributed by atoms with Crippen molar-refractivity contribution in [2.75, 3.05) is 60.3 Å². The van der Waals surface area contributed by atoms with Crippen molar-refractivity contribution in [2.45, 2.75) is 19.3 Å². The minimum Gasteiger partial charge on any atom is -0.368 e. The van der Waals surface area contributed by atoms with Crippen LogP contribution in [0.5, 0.6) is 0 Å². The van der Waals surface area contributed by atoms with Crippen molar-refractivity contribution < 1.29 is 0 Å². The van der Waals surface area contributed by atoms with Gasteiger partial charge in [-0.25, -0.2) is 0 Å². The lowest BCUT2D eigenvalue weighted by molar-refractivity contribution is 0.640. The molecule has 1 fully saturated rings. The lowest BCUT2D eigenvalue weighted by Crippen LogP contribution is -2.47. The Morgan fingerprint density at radius 3 is 2.44 bits per heavy atom. The van der Waals surface area contributed by atoms with E-state index in [1.165, 1.54) is 36.1 Å². The first-order chi connectivity index (χ1) is 15.5. The number of anilines is 5. The van der Waals surface area contributed by atoms with Gasteiger partial charge in [0.1, 0.15) is 11.6 Å². The summed E-state index contributed by atoms with van der Waals surface area (Å²) in [5, 5.41) is 4.29. The number of nitrogens with zero attached hydrogens (tertiary/aromatic N) is 5. The van der Waals surface area contributed by atoms with Gasteiger partial charge < -0.3 is 20.0 Å². The van der Waals surface area contributed by atoms with Gasteiger partial charge in [0.25, 0.3) is 0 Å². The molecule has 1 saturated heterocycles. The molecule has 0 atom stereocenters. The van der Waals surface area contributed by atoms with E-state index in [1.807, 2.05) is 43.3 Å². The molecule has 166 valence electrons. The Balaban J connectivity index is 1.34. The van der Waals surface area contributed by atoms with Crippen molar-refractivity contribution in [1.82, 2.24) is 9.97 Å². The second-order valence-corrected chi connectivity index (χ2v) is 9.16. The smallest absolute Gasteiger partial charge is 0.229 e. The van der Waals surface area contributed by atoms with Gasteiger partial charge in [-0.15, -0.1) is 0 Å². The predicted octanol–water partition coefficient (Wildman–Crippen LogP) is 4.75. The zero-order chi connectivity index (χ0) is 22.1. The van der Waals surface area contributed by atoms with Crippen molar-refractivity contribution in [3.8, 4) is 0 Å². The number of aromatic nitrogens is 2. The van der Waals surface area contributed by atoms with Gasteiger partial charge in [-0.05, 0) is 60.7 Å². The lowest BCUT2D eigenvalue weighted by Gasteiger charge is -2.36. The Labute approximate surface area is 194 Å². The number of rotatable bonds is 5. The van der Waals surface area contributed by atoms with Crippen molar-refractivity contribution in [3.63, 3.8) is 0 Å². The summed E-state index contributed by atoms with van der Waals surface area (Å²) in [4.78, 5) is 16.4.